The smallest absolute Gasteiger partial charge is 0.133 e. The zero-order chi connectivity index (χ0) is 14.0. The normalized spacial score (nSPS) is 25.3. The molecule has 1 fully saturated rings. The minimum absolute atomic E-state index is 0.0541. The van der Waals surface area contributed by atoms with E-state index in [9.17, 15) is 8.78 Å². The van der Waals surface area contributed by atoms with Crippen LogP contribution in [0.2, 0.25) is 0 Å². The molecule has 0 bridgehead atoms. The Hall–Kier alpha value is -0.260. The van der Waals surface area contributed by atoms with Crippen LogP contribution in [0.4, 0.5) is 8.78 Å². The predicted octanol–water partition coefficient (Wildman–Crippen LogP) is 3.90. The molecule has 1 aromatic carbocycles. The second-order valence-corrected chi connectivity index (χ2v) is 7.40. The number of hydrogen-bond acceptors (Lipinski definition) is 3. The van der Waals surface area contributed by atoms with Crippen molar-refractivity contribution in [1.82, 2.24) is 0 Å². The Labute approximate surface area is 121 Å². The zero-order valence-electron chi connectivity index (χ0n) is 11.2. The largest absolute Gasteiger partial charge is 0.323 e. The molecule has 19 heavy (non-hydrogen) atoms. The van der Waals surface area contributed by atoms with Gasteiger partial charge in [0.15, 0.2) is 0 Å². The lowest BCUT2D eigenvalue weighted by atomic mass is 9.98. The Morgan fingerprint density at radius 1 is 1.32 bits per heavy atom. The van der Waals surface area contributed by atoms with Gasteiger partial charge in [0.1, 0.15) is 11.6 Å². The van der Waals surface area contributed by atoms with E-state index in [2.05, 4.69) is 6.92 Å². The second-order valence-electron chi connectivity index (χ2n) is 4.77. The highest BCUT2D eigenvalue weighted by atomic mass is 32.2. The van der Waals surface area contributed by atoms with Crippen molar-refractivity contribution in [3.05, 3.63) is 34.9 Å². The number of benzene rings is 1. The van der Waals surface area contributed by atoms with Crippen molar-refractivity contribution >= 4 is 23.5 Å². The lowest BCUT2D eigenvalue weighted by Gasteiger charge is -2.34. The van der Waals surface area contributed by atoms with E-state index in [-0.39, 0.29) is 10.8 Å². The van der Waals surface area contributed by atoms with Gasteiger partial charge < -0.3 is 5.73 Å². The average Bonchev–Trinajstić information content (AvgIpc) is 2.43. The van der Waals surface area contributed by atoms with E-state index in [0.29, 0.717) is 10.8 Å². The molecule has 0 aromatic heterocycles. The molecule has 1 aliphatic rings. The third-order valence-corrected chi connectivity index (χ3v) is 6.87. The van der Waals surface area contributed by atoms with E-state index >= 15 is 0 Å². The summed E-state index contributed by atoms with van der Waals surface area (Å²) in [7, 11) is 0. The highest BCUT2D eigenvalue weighted by Crippen LogP contribution is 2.40. The Balaban J connectivity index is 2.32. The molecule has 0 radical (unpaired) electrons. The van der Waals surface area contributed by atoms with E-state index in [1.807, 2.05) is 11.8 Å². The third-order valence-electron chi connectivity index (χ3n) is 3.50. The first-order valence-electron chi connectivity index (χ1n) is 6.49. The van der Waals surface area contributed by atoms with Gasteiger partial charge in [-0.15, -0.1) is 0 Å². The molecule has 1 saturated heterocycles. The van der Waals surface area contributed by atoms with Crippen molar-refractivity contribution in [2.24, 2.45) is 5.73 Å². The molecule has 1 aliphatic heterocycles. The van der Waals surface area contributed by atoms with Crippen molar-refractivity contribution in [3.63, 3.8) is 0 Å². The van der Waals surface area contributed by atoms with Gasteiger partial charge in [0.2, 0.25) is 0 Å². The summed E-state index contributed by atoms with van der Waals surface area (Å²) in [5.41, 5.74) is 6.70. The van der Waals surface area contributed by atoms with Gasteiger partial charge in [-0.2, -0.15) is 23.5 Å². The van der Waals surface area contributed by atoms with Crippen molar-refractivity contribution < 1.29 is 8.78 Å². The quantitative estimate of drug-likeness (QED) is 0.917. The molecule has 5 heteroatoms. The summed E-state index contributed by atoms with van der Waals surface area (Å²) < 4.78 is 28.1. The molecular weight excluding hydrogens is 284 g/mol. The van der Waals surface area contributed by atoms with Gasteiger partial charge in [-0.05, 0) is 25.0 Å². The van der Waals surface area contributed by atoms with Crippen molar-refractivity contribution in [3.8, 4) is 0 Å². The first-order chi connectivity index (χ1) is 9.06. The maximum atomic E-state index is 14.2. The fourth-order valence-electron chi connectivity index (χ4n) is 2.42. The van der Waals surface area contributed by atoms with Crippen LogP contribution in [-0.4, -0.2) is 22.0 Å². The molecule has 0 aliphatic carbocycles. The van der Waals surface area contributed by atoms with Crippen molar-refractivity contribution in [2.75, 3.05) is 11.5 Å². The molecule has 1 heterocycles. The lowest BCUT2D eigenvalue weighted by Crippen LogP contribution is -2.36. The summed E-state index contributed by atoms with van der Waals surface area (Å²) in [5.74, 6) is 1.07. The molecular formula is C14H19F2NS2. The van der Waals surface area contributed by atoms with Gasteiger partial charge in [-0.3, -0.25) is 0 Å². The molecule has 1 nitrogen and oxygen atoms in total. The molecule has 3 atom stereocenters. The molecule has 106 valence electrons. The maximum absolute atomic E-state index is 14.2. The first-order valence-corrected chi connectivity index (χ1v) is 8.59. The molecule has 1 aromatic rings. The summed E-state index contributed by atoms with van der Waals surface area (Å²) >= 11 is 3.61. The van der Waals surface area contributed by atoms with Crippen LogP contribution >= 0.6 is 23.5 Å². The number of rotatable bonds is 3. The average molecular weight is 303 g/mol. The molecule has 0 amide bonds. The maximum Gasteiger partial charge on any atom is 0.133 e. The summed E-state index contributed by atoms with van der Waals surface area (Å²) in [6.45, 7) is 3.75. The molecule has 3 unspecified atom stereocenters. The second kappa shape index (κ2) is 6.46. The van der Waals surface area contributed by atoms with Crippen LogP contribution in [0.25, 0.3) is 0 Å². The van der Waals surface area contributed by atoms with Gasteiger partial charge in [0.05, 0.1) is 0 Å². The first kappa shape index (κ1) is 15.1. The van der Waals surface area contributed by atoms with E-state index in [0.717, 1.165) is 17.9 Å². The highest BCUT2D eigenvalue weighted by Gasteiger charge is 2.33. The zero-order valence-corrected chi connectivity index (χ0v) is 12.8. The minimum atomic E-state index is -0.581. The SMILES string of the molecule is CCC1SCCSC1C(N)c1c(F)ccc(C)c1F. The number of halogens is 2. The van der Waals surface area contributed by atoms with E-state index < -0.39 is 17.7 Å². The summed E-state index contributed by atoms with van der Waals surface area (Å²) in [4.78, 5) is 0. The van der Waals surface area contributed by atoms with Crippen molar-refractivity contribution in [1.29, 1.82) is 0 Å². The number of nitrogens with two attached hydrogens (primary N) is 1. The molecule has 2 N–H and O–H groups in total. The molecule has 0 saturated carbocycles. The fourth-order valence-corrected chi connectivity index (χ4v) is 5.58. The molecule has 2 rings (SSSR count). The van der Waals surface area contributed by atoms with Gasteiger partial charge in [-0.25, -0.2) is 8.78 Å². The van der Waals surface area contributed by atoms with Crippen LogP contribution in [0, 0.1) is 18.6 Å². The van der Waals surface area contributed by atoms with Gasteiger partial charge in [0, 0.05) is 33.6 Å². The third kappa shape index (κ3) is 3.09. The monoisotopic (exact) mass is 303 g/mol. The van der Waals surface area contributed by atoms with E-state index in [1.165, 1.54) is 12.1 Å². The van der Waals surface area contributed by atoms with Crippen molar-refractivity contribution in [2.45, 2.75) is 36.8 Å². The Bertz CT molecular complexity index is 453. The number of aryl methyl sites for hydroxylation is 1. The van der Waals surface area contributed by atoms with E-state index in [1.54, 1.807) is 18.7 Å². The van der Waals surface area contributed by atoms with Gasteiger partial charge >= 0.3 is 0 Å². The van der Waals surface area contributed by atoms with E-state index in [4.69, 9.17) is 5.73 Å². The van der Waals surface area contributed by atoms with Gasteiger partial charge in [-0.1, -0.05) is 13.0 Å². The summed E-state index contributed by atoms with van der Waals surface area (Å²) in [6, 6.07) is 2.19. The predicted molar refractivity (Wildman–Crippen MR) is 80.8 cm³/mol. The van der Waals surface area contributed by atoms with Crippen LogP contribution in [0.1, 0.15) is 30.5 Å². The molecule has 0 spiro atoms. The lowest BCUT2D eigenvalue weighted by molar-refractivity contribution is 0.507. The Morgan fingerprint density at radius 3 is 2.68 bits per heavy atom. The Morgan fingerprint density at radius 2 is 2.00 bits per heavy atom. The van der Waals surface area contributed by atoms with Crippen LogP contribution < -0.4 is 5.73 Å². The highest BCUT2D eigenvalue weighted by molar-refractivity contribution is 8.07. The number of hydrogen-bond donors (Lipinski definition) is 1. The standard InChI is InChI=1S/C14H19F2NS2/c1-3-10-14(19-7-6-18-10)13(17)11-9(15)5-4-8(2)12(11)16/h4-5,10,13-14H,3,6-7,17H2,1-2H3. The van der Waals surface area contributed by atoms with Crippen LogP contribution in [0.15, 0.2) is 12.1 Å². The fraction of sp³-hybridized carbons (Fsp3) is 0.571. The summed E-state index contributed by atoms with van der Waals surface area (Å²) in [6.07, 6.45) is 0.977. The summed E-state index contributed by atoms with van der Waals surface area (Å²) in [5, 5.41) is 0.447. The number of thioether (sulfide) groups is 2. The van der Waals surface area contributed by atoms with Crippen LogP contribution in [0.5, 0.6) is 0 Å². The van der Waals surface area contributed by atoms with Gasteiger partial charge in [0.25, 0.3) is 0 Å². The van der Waals surface area contributed by atoms with Crippen LogP contribution in [-0.2, 0) is 0 Å². The topological polar surface area (TPSA) is 26.0 Å². The van der Waals surface area contributed by atoms with Crippen LogP contribution in [0.3, 0.4) is 0 Å². The minimum Gasteiger partial charge on any atom is -0.323 e. The Kier molecular flexibility index (Phi) is 5.15.